The van der Waals surface area contributed by atoms with E-state index in [1.165, 1.54) is 0 Å². The Labute approximate surface area is 71.7 Å². The number of esters is 1. The molecule has 0 amide bonds. The summed E-state index contributed by atoms with van der Waals surface area (Å²) in [6.07, 6.45) is 0.444. The number of aliphatic hydroxyl groups is 1. The van der Waals surface area contributed by atoms with Crippen LogP contribution < -0.4 is 5.73 Å². The Morgan fingerprint density at radius 2 is 2.33 bits per heavy atom. The number of nitrogens with two attached hydrogens (primary N) is 1. The van der Waals surface area contributed by atoms with Gasteiger partial charge in [0, 0.05) is 6.04 Å². The summed E-state index contributed by atoms with van der Waals surface area (Å²) in [5.41, 5.74) is 5.54. The number of aliphatic hydroxyl groups excluding tert-OH is 1. The van der Waals surface area contributed by atoms with Gasteiger partial charge in [0.1, 0.15) is 0 Å². The van der Waals surface area contributed by atoms with Crippen LogP contribution in [0.15, 0.2) is 0 Å². The Hall–Kier alpha value is -0.610. The van der Waals surface area contributed by atoms with E-state index in [0.29, 0.717) is 19.4 Å². The lowest BCUT2D eigenvalue weighted by Crippen LogP contribution is -2.28. The van der Waals surface area contributed by atoms with Gasteiger partial charge >= 0.3 is 5.97 Å². The topological polar surface area (TPSA) is 72.5 Å². The second-order valence-corrected chi connectivity index (χ2v) is 3.15. The number of carbonyl (C=O) groups is 1. The first-order chi connectivity index (χ1) is 5.65. The van der Waals surface area contributed by atoms with Crippen LogP contribution in [0, 0.1) is 5.92 Å². The fraction of sp³-hybridized carbons (Fsp3) is 0.875. The van der Waals surface area contributed by atoms with Gasteiger partial charge in [-0.05, 0) is 19.8 Å². The highest BCUT2D eigenvalue weighted by Gasteiger charge is 2.35. The third-order valence-corrected chi connectivity index (χ3v) is 2.20. The third-order valence-electron chi connectivity index (χ3n) is 2.20. The molecule has 0 aromatic carbocycles. The molecule has 12 heavy (non-hydrogen) atoms. The zero-order valence-electron chi connectivity index (χ0n) is 7.19. The Morgan fingerprint density at radius 1 is 1.67 bits per heavy atom. The van der Waals surface area contributed by atoms with Crippen LogP contribution in [0.5, 0.6) is 0 Å². The van der Waals surface area contributed by atoms with Gasteiger partial charge in [-0.1, -0.05) is 0 Å². The first kappa shape index (κ1) is 9.48. The van der Waals surface area contributed by atoms with E-state index in [1.54, 1.807) is 6.92 Å². The van der Waals surface area contributed by atoms with Gasteiger partial charge in [-0.25, -0.2) is 0 Å². The lowest BCUT2D eigenvalue weighted by Gasteiger charge is -2.06. The molecule has 0 radical (unpaired) electrons. The minimum Gasteiger partial charge on any atom is -0.466 e. The highest BCUT2D eigenvalue weighted by molar-refractivity contribution is 5.73. The summed E-state index contributed by atoms with van der Waals surface area (Å²) in [4.78, 5) is 11.1. The van der Waals surface area contributed by atoms with Gasteiger partial charge < -0.3 is 15.6 Å². The largest absolute Gasteiger partial charge is 0.466 e. The molecular formula is C8H15NO3. The molecule has 1 saturated carbocycles. The molecule has 0 bridgehead atoms. The molecule has 0 aliphatic heterocycles. The van der Waals surface area contributed by atoms with E-state index < -0.39 is 6.10 Å². The van der Waals surface area contributed by atoms with Crippen molar-refractivity contribution >= 4 is 5.97 Å². The van der Waals surface area contributed by atoms with Gasteiger partial charge in [-0.15, -0.1) is 0 Å². The molecular weight excluding hydrogens is 158 g/mol. The lowest BCUT2D eigenvalue weighted by atomic mass is 10.1. The fourth-order valence-corrected chi connectivity index (χ4v) is 1.50. The van der Waals surface area contributed by atoms with Gasteiger partial charge in [-0.2, -0.15) is 0 Å². The monoisotopic (exact) mass is 173 g/mol. The Bertz CT molecular complexity index is 162. The second-order valence-electron chi connectivity index (χ2n) is 3.15. The molecule has 70 valence electrons. The molecule has 3 N–H and O–H groups in total. The Kier molecular flexibility index (Phi) is 3.05. The van der Waals surface area contributed by atoms with E-state index in [0.717, 1.165) is 0 Å². The summed E-state index contributed by atoms with van der Waals surface area (Å²) in [6, 6.07) is -0.264. The summed E-state index contributed by atoms with van der Waals surface area (Å²) >= 11 is 0. The first-order valence-corrected chi connectivity index (χ1v) is 4.25. The predicted molar refractivity (Wildman–Crippen MR) is 43.3 cm³/mol. The number of hydrogen-bond donors (Lipinski definition) is 2. The van der Waals surface area contributed by atoms with E-state index in [1.807, 2.05) is 0 Å². The van der Waals surface area contributed by atoms with Crippen LogP contribution in [-0.2, 0) is 9.53 Å². The van der Waals surface area contributed by atoms with E-state index in [4.69, 9.17) is 10.5 Å². The third kappa shape index (κ3) is 1.95. The molecule has 0 unspecified atom stereocenters. The van der Waals surface area contributed by atoms with E-state index in [9.17, 15) is 9.90 Å². The zero-order valence-corrected chi connectivity index (χ0v) is 7.19. The average molecular weight is 173 g/mol. The molecule has 0 spiro atoms. The van der Waals surface area contributed by atoms with Crippen LogP contribution in [0.3, 0.4) is 0 Å². The standard InChI is InChI=1S/C8H15NO3/c1-2-12-8(11)5-3-6(9)7(10)4-5/h5-7,10H,2-4,9H2,1H3/t5-,6+,7-/m1/s1. The summed E-state index contributed by atoms with van der Waals surface area (Å²) in [6.45, 7) is 2.16. The normalized spacial score (nSPS) is 35.1. The molecule has 1 rings (SSSR count). The van der Waals surface area contributed by atoms with Crippen molar-refractivity contribution < 1.29 is 14.6 Å². The van der Waals surface area contributed by atoms with Crippen molar-refractivity contribution in [2.24, 2.45) is 11.7 Å². The van der Waals surface area contributed by atoms with Crippen molar-refractivity contribution in [1.82, 2.24) is 0 Å². The Balaban J connectivity index is 2.40. The smallest absolute Gasteiger partial charge is 0.309 e. The van der Waals surface area contributed by atoms with Crippen LogP contribution in [-0.4, -0.2) is 29.8 Å². The van der Waals surface area contributed by atoms with Crippen LogP contribution in [0.2, 0.25) is 0 Å². The minimum atomic E-state index is -0.542. The summed E-state index contributed by atoms with van der Waals surface area (Å²) < 4.78 is 4.82. The predicted octanol–water partition coefficient (Wildman–Crippen LogP) is -0.352. The summed E-state index contributed by atoms with van der Waals surface area (Å²) in [7, 11) is 0. The summed E-state index contributed by atoms with van der Waals surface area (Å²) in [5.74, 6) is -0.431. The minimum absolute atomic E-state index is 0.199. The molecule has 0 aromatic heterocycles. The van der Waals surface area contributed by atoms with Gasteiger partial charge in [0.15, 0.2) is 0 Å². The van der Waals surface area contributed by atoms with Crippen molar-refractivity contribution in [2.45, 2.75) is 31.9 Å². The molecule has 1 aliphatic carbocycles. The number of hydrogen-bond acceptors (Lipinski definition) is 4. The quantitative estimate of drug-likeness (QED) is 0.560. The van der Waals surface area contributed by atoms with Crippen LogP contribution in [0.25, 0.3) is 0 Å². The van der Waals surface area contributed by atoms with Crippen molar-refractivity contribution in [3.8, 4) is 0 Å². The second kappa shape index (κ2) is 3.87. The van der Waals surface area contributed by atoms with Crippen molar-refractivity contribution in [2.75, 3.05) is 6.61 Å². The maximum atomic E-state index is 11.1. The maximum Gasteiger partial charge on any atom is 0.309 e. The van der Waals surface area contributed by atoms with Crippen molar-refractivity contribution in [3.63, 3.8) is 0 Å². The van der Waals surface area contributed by atoms with Gasteiger partial charge in [0.05, 0.1) is 18.6 Å². The van der Waals surface area contributed by atoms with Crippen molar-refractivity contribution in [1.29, 1.82) is 0 Å². The maximum absolute atomic E-state index is 11.1. The highest BCUT2D eigenvalue weighted by Crippen LogP contribution is 2.25. The number of carbonyl (C=O) groups excluding carboxylic acids is 1. The van der Waals surface area contributed by atoms with Gasteiger partial charge in [-0.3, -0.25) is 4.79 Å². The van der Waals surface area contributed by atoms with Gasteiger partial charge in [0.2, 0.25) is 0 Å². The SMILES string of the molecule is CCOC(=O)[C@H]1C[C@@H](O)[C@@H](N)C1. The fourth-order valence-electron chi connectivity index (χ4n) is 1.50. The molecule has 4 heteroatoms. The zero-order chi connectivity index (χ0) is 9.14. The van der Waals surface area contributed by atoms with Crippen LogP contribution >= 0.6 is 0 Å². The van der Waals surface area contributed by atoms with Crippen LogP contribution in [0.4, 0.5) is 0 Å². The number of rotatable bonds is 2. The van der Waals surface area contributed by atoms with E-state index >= 15 is 0 Å². The molecule has 4 nitrogen and oxygen atoms in total. The molecule has 1 fully saturated rings. The van der Waals surface area contributed by atoms with Gasteiger partial charge in [0.25, 0.3) is 0 Å². The number of ether oxygens (including phenoxy) is 1. The van der Waals surface area contributed by atoms with Crippen molar-refractivity contribution in [3.05, 3.63) is 0 Å². The average Bonchev–Trinajstić information content (AvgIpc) is 2.33. The molecule has 0 aromatic rings. The summed E-state index contributed by atoms with van der Waals surface area (Å²) in [5, 5.41) is 9.25. The van der Waals surface area contributed by atoms with E-state index in [2.05, 4.69) is 0 Å². The molecule has 3 atom stereocenters. The van der Waals surface area contributed by atoms with Crippen LogP contribution in [0.1, 0.15) is 19.8 Å². The van der Waals surface area contributed by atoms with E-state index in [-0.39, 0.29) is 17.9 Å². The lowest BCUT2D eigenvalue weighted by molar-refractivity contribution is -0.148. The Morgan fingerprint density at radius 3 is 2.75 bits per heavy atom. The molecule has 0 heterocycles. The highest BCUT2D eigenvalue weighted by atomic mass is 16.5. The first-order valence-electron chi connectivity index (χ1n) is 4.25. The molecule has 0 saturated heterocycles. The molecule has 1 aliphatic rings.